The van der Waals surface area contributed by atoms with Gasteiger partial charge in [0.05, 0.1) is 5.92 Å². The van der Waals surface area contributed by atoms with Crippen molar-refractivity contribution in [2.75, 3.05) is 33.2 Å². The minimum atomic E-state index is -0.655. The topological polar surface area (TPSA) is 105 Å². The van der Waals surface area contributed by atoms with Gasteiger partial charge in [-0.25, -0.2) is 0 Å². The molecule has 0 aromatic rings. The van der Waals surface area contributed by atoms with Crippen molar-refractivity contribution in [3.05, 3.63) is 0 Å². The Hall–Kier alpha value is -1.63. The molecule has 1 heterocycles. The second kappa shape index (κ2) is 6.95. The largest absolute Gasteiger partial charge is 0.359 e. The second-order valence-corrected chi connectivity index (χ2v) is 4.25. The first kappa shape index (κ1) is 14.4. The summed E-state index contributed by atoms with van der Waals surface area (Å²) in [5, 5.41) is 5.00. The summed E-state index contributed by atoms with van der Waals surface area (Å²) < 4.78 is 0. The Kier molecular flexibility index (Phi) is 5.57. The highest BCUT2D eigenvalue weighted by molar-refractivity contribution is 6.35. The number of hydrogen-bond donors (Lipinski definition) is 3. The minimum absolute atomic E-state index is 0.0881. The predicted molar refractivity (Wildman–Crippen MR) is 65.4 cm³/mol. The maximum atomic E-state index is 11.8. The fourth-order valence-corrected chi connectivity index (χ4v) is 1.98. The van der Waals surface area contributed by atoms with E-state index in [0.717, 1.165) is 12.8 Å². The van der Waals surface area contributed by atoms with E-state index >= 15 is 0 Å². The zero-order valence-electron chi connectivity index (χ0n) is 10.6. The number of carbonyl (C=O) groups excluding carboxylic acids is 3. The molecule has 3 amide bonds. The van der Waals surface area contributed by atoms with Crippen LogP contribution in [0.3, 0.4) is 0 Å². The van der Waals surface area contributed by atoms with Crippen LogP contribution in [-0.4, -0.2) is 55.8 Å². The average molecular weight is 256 g/mol. The van der Waals surface area contributed by atoms with Crippen LogP contribution in [0.25, 0.3) is 0 Å². The molecule has 1 aliphatic rings. The average Bonchev–Trinajstić information content (AvgIpc) is 2.43. The number of nitrogens with two attached hydrogens (primary N) is 1. The summed E-state index contributed by atoms with van der Waals surface area (Å²) >= 11 is 0. The maximum absolute atomic E-state index is 11.8. The predicted octanol–water partition coefficient (Wildman–Crippen LogP) is -1.95. The Morgan fingerprint density at radius 1 is 1.39 bits per heavy atom. The lowest BCUT2D eigenvalue weighted by Gasteiger charge is -2.31. The van der Waals surface area contributed by atoms with Crippen LogP contribution in [0, 0.1) is 5.92 Å². The van der Waals surface area contributed by atoms with Crippen LogP contribution in [-0.2, 0) is 14.4 Å². The number of piperidine rings is 1. The normalized spacial score (nSPS) is 19.2. The SMILES string of the molecule is CNC(=O)C1CCCN(C(=O)C(=O)NCCN)C1. The number of nitrogens with one attached hydrogen (secondary N) is 2. The Balaban J connectivity index is 2.52. The van der Waals surface area contributed by atoms with Crippen LogP contribution in [0.2, 0.25) is 0 Å². The highest BCUT2D eigenvalue weighted by atomic mass is 16.2. The lowest BCUT2D eigenvalue weighted by molar-refractivity contribution is -0.147. The number of carbonyl (C=O) groups is 3. The quantitative estimate of drug-likeness (QED) is 0.510. The molecule has 1 atom stereocenters. The molecule has 0 radical (unpaired) electrons. The third-order valence-corrected chi connectivity index (χ3v) is 2.95. The van der Waals surface area contributed by atoms with Crippen molar-refractivity contribution in [2.45, 2.75) is 12.8 Å². The van der Waals surface area contributed by atoms with E-state index in [0.29, 0.717) is 19.6 Å². The van der Waals surface area contributed by atoms with Crippen molar-refractivity contribution in [1.82, 2.24) is 15.5 Å². The van der Waals surface area contributed by atoms with Crippen LogP contribution >= 0.6 is 0 Å². The summed E-state index contributed by atoms with van der Waals surface area (Å²) in [4.78, 5) is 36.2. The van der Waals surface area contributed by atoms with E-state index in [1.54, 1.807) is 7.05 Å². The molecule has 0 aliphatic carbocycles. The van der Waals surface area contributed by atoms with Gasteiger partial charge in [0.25, 0.3) is 0 Å². The van der Waals surface area contributed by atoms with Gasteiger partial charge in [0.1, 0.15) is 0 Å². The van der Waals surface area contributed by atoms with E-state index in [9.17, 15) is 14.4 Å². The monoisotopic (exact) mass is 256 g/mol. The number of rotatable bonds is 3. The van der Waals surface area contributed by atoms with Crippen molar-refractivity contribution in [3.63, 3.8) is 0 Å². The number of amides is 3. The van der Waals surface area contributed by atoms with Crippen molar-refractivity contribution in [1.29, 1.82) is 0 Å². The lowest BCUT2D eigenvalue weighted by Crippen LogP contribution is -2.50. The molecule has 102 valence electrons. The molecule has 7 heteroatoms. The molecule has 0 bridgehead atoms. The van der Waals surface area contributed by atoms with Gasteiger partial charge in [0.2, 0.25) is 5.91 Å². The van der Waals surface area contributed by atoms with E-state index in [1.807, 2.05) is 0 Å². The smallest absolute Gasteiger partial charge is 0.311 e. The Morgan fingerprint density at radius 2 is 2.11 bits per heavy atom. The van der Waals surface area contributed by atoms with E-state index in [1.165, 1.54) is 4.90 Å². The molecule has 1 saturated heterocycles. The van der Waals surface area contributed by atoms with Gasteiger partial charge in [-0.05, 0) is 12.8 Å². The van der Waals surface area contributed by atoms with Gasteiger partial charge in [-0.2, -0.15) is 0 Å². The summed E-state index contributed by atoms with van der Waals surface area (Å²) in [5.41, 5.74) is 5.24. The van der Waals surface area contributed by atoms with Crippen LogP contribution in [0.4, 0.5) is 0 Å². The molecular formula is C11H20N4O3. The van der Waals surface area contributed by atoms with E-state index in [4.69, 9.17) is 5.73 Å². The molecule has 0 spiro atoms. The highest BCUT2D eigenvalue weighted by Gasteiger charge is 2.30. The molecule has 1 unspecified atom stereocenters. The zero-order chi connectivity index (χ0) is 13.5. The van der Waals surface area contributed by atoms with Crippen molar-refractivity contribution >= 4 is 17.7 Å². The van der Waals surface area contributed by atoms with Crippen LogP contribution in [0.1, 0.15) is 12.8 Å². The van der Waals surface area contributed by atoms with Crippen molar-refractivity contribution in [2.24, 2.45) is 11.7 Å². The summed E-state index contributed by atoms with van der Waals surface area (Å²) in [6.45, 7) is 1.38. The molecule has 1 rings (SSSR count). The van der Waals surface area contributed by atoms with Gasteiger partial charge in [0, 0.05) is 33.2 Å². The van der Waals surface area contributed by atoms with Gasteiger partial charge < -0.3 is 21.3 Å². The first-order valence-electron chi connectivity index (χ1n) is 6.09. The van der Waals surface area contributed by atoms with Crippen LogP contribution in [0.15, 0.2) is 0 Å². The molecule has 0 aromatic heterocycles. The van der Waals surface area contributed by atoms with Gasteiger partial charge >= 0.3 is 11.8 Å². The summed E-state index contributed by atoms with van der Waals surface area (Å²) in [6, 6.07) is 0. The van der Waals surface area contributed by atoms with E-state index in [2.05, 4.69) is 10.6 Å². The summed E-state index contributed by atoms with van der Waals surface area (Å²) in [6.07, 6.45) is 1.47. The zero-order valence-corrected chi connectivity index (χ0v) is 10.6. The van der Waals surface area contributed by atoms with Gasteiger partial charge in [-0.3, -0.25) is 14.4 Å². The number of hydrogen-bond acceptors (Lipinski definition) is 4. The molecule has 0 aromatic carbocycles. The van der Waals surface area contributed by atoms with Crippen LogP contribution in [0.5, 0.6) is 0 Å². The number of nitrogens with zero attached hydrogens (tertiary/aromatic N) is 1. The standard InChI is InChI=1S/C11H20N4O3/c1-13-9(16)8-3-2-6-15(7-8)11(18)10(17)14-5-4-12/h8H,2-7,12H2,1H3,(H,13,16)(H,14,17). The molecule has 1 aliphatic heterocycles. The van der Waals surface area contributed by atoms with Crippen molar-refractivity contribution < 1.29 is 14.4 Å². The Bertz CT molecular complexity index is 332. The maximum Gasteiger partial charge on any atom is 0.311 e. The third-order valence-electron chi connectivity index (χ3n) is 2.95. The highest BCUT2D eigenvalue weighted by Crippen LogP contribution is 2.16. The molecule has 0 saturated carbocycles. The molecule has 18 heavy (non-hydrogen) atoms. The second-order valence-electron chi connectivity index (χ2n) is 4.25. The molecule has 1 fully saturated rings. The first-order chi connectivity index (χ1) is 8.60. The first-order valence-corrected chi connectivity index (χ1v) is 6.09. The van der Waals surface area contributed by atoms with E-state index < -0.39 is 11.8 Å². The van der Waals surface area contributed by atoms with E-state index in [-0.39, 0.29) is 18.4 Å². The molecule has 4 N–H and O–H groups in total. The Morgan fingerprint density at radius 3 is 2.72 bits per heavy atom. The fraction of sp³-hybridized carbons (Fsp3) is 0.727. The van der Waals surface area contributed by atoms with Gasteiger partial charge in [-0.1, -0.05) is 0 Å². The van der Waals surface area contributed by atoms with Crippen molar-refractivity contribution in [3.8, 4) is 0 Å². The summed E-state index contributed by atoms with van der Waals surface area (Å²) in [7, 11) is 1.57. The van der Waals surface area contributed by atoms with Gasteiger partial charge in [0.15, 0.2) is 0 Å². The fourth-order valence-electron chi connectivity index (χ4n) is 1.98. The molecular weight excluding hydrogens is 236 g/mol. The van der Waals surface area contributed by atoms with Gasteiger partial charge in [-0.15, -0.1) is 0 Å². The third kappa shape index (κ3) is 3.69. The lowest BCUT2D eigenvalue weighted by atomic mass is 9.97. The minimum Gasteiger partial charge on any atom is -0.359 e. The molecule has 7 nitrogen and oxygen atoms in total. The summed E-state index contributed by atoms with van der Waals surface area (Å²) in [5.74, 6) is -1.56. The van der Waals surface area contributed by atoms with Crippen LogP contribution < -0.4 is 16.4 Å². The number of likely N-dealkylation sites (tertiary alicyclic amines) is 1. The Labute approximate surface area is 106 Å².